The number of aryl methyl sites for hydroxylation is 2. The molecule has 0 aliphatic rings. The molecule has 0 heterocycles. The molecule has 0 aliphatic carbocycles. The van der Waals surface area contributed by atoms with E-state index in [1.54, 1.807) is 11.8 Å². The third-order valence-corrected chi connectivity index (χ3v) is 4.55. The number of nitrogens with zero attached hydrogens (tertiary/aromatic N) is 1. The summed E-state index contributed by atoms with van der Waals surface area (Å²) in [6.45, 7) is 10.1. The maximum absolute atomic E-state index is 13.0. The summed E-state index contributed by atoms with van der Waals surface area (Å²) in [7, 11) is 0. The Morgan fingerprint density at radius 1 is 0.852 bits per heavy atom. The molecular weight excluding hydrogens is 336 g/mol. The zero-order chi connectivity index (χ0) is 20.0. The zero-order valence-corrected chi connectivity index (χ0v) is 17.0. The highest BCUT2D eigenvalue weighted by atomic mass is 16.2. The van der Waals surface area contributed by atoms with Gasteiger partial charge in [0.05, 0.1) is 6.42 Å². The number of hydrogen-bond acceptors (Lipinski definition) is 2. The molecule has 144 valence electrons. The summed E-state index contributed by atoms with van der Waals surface area (Å²) < 4.78 is 0. The largest absolute Gasteiger partial charge is 0.352 e. The van der Waals surface area contributed by atoms with Crippen molar-refractivity contribution >= 4 is 11.8 Å². The molecule has 2 amide bonds. The highest BCUT2D eigenvalue weighted by molar-refractivity contribution is 5.88. The summed E-state index contributed by atoms with van der Waals surface area (Å²) in [5.41, 5.74) is 4.30. The lowest BCUT2D eigenvalue weighted by molar-refractivity contribution is -0.140. The van der Waals surface area contributed by atoms with Crippen LogP contribution in [0.2, 0.25) is 0 Å². The number of rotatable bonds is 7. The maximum Gasteiger partial charge on any atom is 0.242 e. The highest BCUT2D eigenvalue weighted by Gasteiger charge is 2.26. The zero-order valence-electron chi connectivity index (χ0n) is 17.0. The summed E-state index contributed by atoms with van der Waals surface area (Å²) in [6.07, 6.45) is 0.283. The Labute approximate surface area is 162 Å². The van der Waals surface area contributed by atoms with Crippen LogP contribution >= 0.6 is 0 Å². The molecule has 27 heavy (non-hydrogen) atoms. The summed E-state index contributed by atoms with van der Waals surface area (Å²) in [4.78, 5) is 27.3. The molecule has 0 spiro atoms. The van der Waals surface area contributed by atoms with Gasteiger partial charge in [-0.2, -0.15) is 0 Å². The fourth-order valence-electron chi connectivity index (χ4n) is 2.86. The minimum atomic E-state index is -0.536. The summed E-state index contributed by atoms with van der Waals surface area (Å²) in [6, 6.07) is 15.5. The number of carbonyl (C=O) groups excluding carboxylic acids is 2. The van der Waals surface area contributed by atoms with Crippen LogP contribution in [0.15, 0.2) is 48.5 Å². The number of benzene rings is 2. The van der Waals surface area contributed by atoms with E-state index in [1.807, 2.05) is 76.2 Å². The number of carbonyl (C=O) groups is 2. The average Bonchev–Trinajstić information content (AvgIpc) is 2.62. The Morgan fingerprint density at radius 3 is 1.81 bits per heavy atom. The first-order valence-electron chi connectivity index (χ1n) is 9.47. The minimum Gasteiger partial charge on any atom is -0.352 e. The molecule has 1 N–H and O–H groups in total. The Bertz CT molecular complexity index is 764. The van der Waals surface area contributed by atoms with E-state index in [2.05, 4.69) is 5.32 Å². The number of nitrogens with one attached hydrogen (secondary N) is 1. The van der Waals surface area contributed by atoms with Gasteiger partial charge >= 0.3 is 0 Å². The van der Waals surface area contributed by atoms with Crippen molar-refractivity contribution in [2.24, 2.45) is 0 Å². The van der Waals surface area contributed by atoms with Crippen molar-refractivity contribution in [1.82, 2.24) is 10.2 Å². The van der Waals surface area contributed by atoms with Crippen LogP contribution < -0.4 is 5.32 Å². The molecule has 4 nitrogen and oxygen atoms in total. The van der Waals surface area contributed by atoms with Crippen molar-refractivity contribution < 1.29 is 9.59 Å². The predicted octanol–water partition coefficient (Wildman–Crippen LogP) is 3.79. The Balaban J connectivity index is 2.21. The van der Waals surface area contributed by atoms with Crippen LogP contribution in [0.1, 0.15) is 43.0 Å². The minimum absolute atomic E-state index is 0.0355. The van der Waals surface area contributed by atoms with Crippen LogP contribution in [0.25, 0.3) is 0 Å². The first kappa shape index (κ1) is 20.7. The predicted molar refractivity (Wildman–Crippen MR) is 109 cm³/mol. The molecule has 4 heteroatoms. The maximum atomic E-state index is 13.0. The molecule has 0 saturated heterocycles. The first-order valence-corrected chi connectivity index (χ1v) is 9.47. The smallest absolute Gasteiger partial charge is 0.242 e. The van der Waals surface area contributed by atoms with Crippen LogP contribution in [-0.2, 0) is 22.6 Å². The van der Waals surface area contributed by atoms with Crippen LogP contribution in [0.4, 0.5) is 0 Å². The van der Waals surface area contributed by atoms with E-state index in [-0.39, 0.29) is 24.3 Å². The lowest BCUT2D eigenvalue weighted by atomic mass is 10.1. The van der Waals surface area contributed by atoms with E-state index in [9.17, 15) is 9.59 Å². The molecule has 0 fully saturated rings. The second-order valence-corrected chi connectivity index (χ2v) is 7.51. The Kier molecular flexibility index (Phi) is 7.17. The van der Waals surface area contributed by atoms with Gasteiger partial charge in [-0.25, -0.2) is 0 Å². The topological polar surface area (TPSA) is 49.4 Å². The third kappa shape index (κ3) is 6.24. The van der Waals surface area contributed by atoms with Gasteiger partial charge in [-0.05, 0) is 45.7 Å². The molecule has 2 rings (SSSR count). The first-order chi connectivity index (χ1) is 12.8. The number of hydrogen-bond donors (Lipinski definition) is 1. The van der Waals surface area contributed by atoms with Crippen molar-refractivity contribution in [2.75, 3.05) is 0 Å². The van der Waals surface area contributed by atoms with Crippen LogP contribution in [0.5, 0.6) is 0 Å². The molecule has 2 aromatic rings. The van der Waals surface area contributed by atoms with Crippen LogP contribution in [0.3, 0.4) is 0 Å². The molecule has 1 unspecified atom stereocenters. The Hall–Kier alpha value is -2.62. The van der Waals surface area contributed by atoms with Crippen molar-refractivity contribution in [3.63, 3.8) is 0 Å². The van der Waals surface area contributed by atoms with Crippen molar-refractivity contribution in [2.45, 2.75) is 59.7 Å². The Morgan fingerprint density at radius 2 is 1.33 bits per heavy atom. The van der Waals surface area contributed by atoms with Crippen molar-refractivity contribution in [3.8, 4) is 0 Å². The SMILES string of the molecule is Cc1ccc(CC(=O)N(Cc2ccc(C)cc2)C(C)C(=O)NC(C)C)cc1. The lowest BCUT2D eigenvalue weighted by Gasteiger charge is -2.29. The second kappa shape index (κ2) is 9.36. The van der Waals surface area contributed by atoms with Gasteiger partial charge in [-0.3, -0.25) is 9.59 Å². The number of amides is 2. The standard InChI is InChI=1S/C23H30N2O2/c1-16(2)24-23(27)19(5)25(15-21-12-8-18(4)9-13-21)22(26)14-20-10-6-17(3)7-11-20/h6-13,16,19H,14-15H2,1-5H3,(H,24,27). The van der Waals surface area contributed by atoms with E-state index in [0.717, 1.165) is 16.7 Å². The molecule has 0 aromatic heterocycles. The lowest BCUT2D eigenvalue weighted by Crippen LogP contribution is -2.49. The molecule has 0 saturated carbocycles. The van der Waals surface area contributed by atoms with Gasteiger partial charge in [0, 0.05) is 12.6 Å². The quantitative estimate of drug-likeness (QED) is 0.810. The fraction of sp³-hybridized carbons (Fsp3) is 0.391. The monoisotopic (exact) mass is 366 g/mol. The van der Waals surface area contributed by atoms with Gasteiger partial charge in [0.15, 0.2) is 0 Å². The van der Waals surface area contributed by atoms with Crippen molar-refractivity contribution in [3.05, 3.63) is 70.8 Å². The molecule has 0 bridgehead atoms. The molecule has 0 aliphatic heterocycles. The van der Waals surface area contributed by atoms with E-state index in [4.69, 9.17) is 0 Å². The summed E-state index contributed by atoms with van der Waals surface area (Å²) in [5, 5.41) is 2.91. The van der Waals surface area contributed by atoms with Gasteiger partial charge in [0.25, 0.3) is 0 Å². The van der Waals surface area contributed by atoms with Gasteiger partial charge in [0.1, 0.15) is 6.04 Å². The van der Waals surface area contributed by atoms with Crippen molar-refractivity contribution in [1.29, 1.82) is 0 Å². The van der Waals surface area contributed by atoms with E-state index < -0.39 is 6.04 Å². The average molecular weight is 367 g/mol. The fourth-order valence-corrected chi connectivity index (χ4v) is 2.86. The van der Waals surface area contributed by atoms with Gasteiger partial charge in [-0.15, -0.1) is 0 Å². The second-order valence-electron chi connectivity index (χ2n) is 7.51. The van der Waals surface area contributed by atoms with Gasteiger partial charge in [0.2, 0.25) is 11.8 Å². The van der Waals surface area contributed by atoms with E-state index in [0.29, 0.717) is 6.54 Å². The van der Waals surface area contributed by atoms with Gasteiger partial charge < -0.3 is 10.2 Å². The molecule has 2 aromatic carbocycles. The normalized spacial score (nSPS) is 11.9. The highest BCUT2D eigenvalue weighted by Crippen LogP contribution is 2.14. The third-order valence-electron chi connectivity index (χ3n) is 4.55. The molecular formula is C23H30N2O2. The molecule has 1 atom stereocenters. The van der Waals surface area contributed by atoms with E-state index >= 15 is 0 Å². The molecule has 0 radical (unpaired) electrons. The van der Waals surface area contributed by atoms with Crippen LogP contribution in [0, 0.1) is 13.8 Å². The van der Waals surface area contributed by atoms with E-state index in [1.165, 1.54) is 5.56 Å². The summed E-state index contributed by atoms with van der Waals surface area (Å²) in [5.74, 6) is -0.180. The van der Waals surface area contributed by atoms with Gasteiger partial charge in [-0.1, -0.05) is 59.7 Å². The van der Waals surface area contributed by atoms with Crippen LogP contribution in [-0.4, -0.2) is 28.8 Å². The summed E-state index contributed by atoms with van der Waals surface area (Å²) >= 11 is 0.